The largest absolute Gasteiger partial charge is 0.168 e. The Bertz CT molecular complexity index is 897. The number of halogens is 2. The number of fused-ring (bicyclic) bond motifs is 2. The zero-order valence-corrected chi connectivity index (χ0v) is 20.6. The van der Waals surface area contributed by atoms with Crippen LogP contribution in [0.5, 0.6) is 0 Å². The molecule has 0 radical (unpaired) electrons. The Balaban J connectivity index is 0.000000157. The van der Waals surface area contributed by atoms with Crippen molar-refractivity contribution in [2.24, 2.45) is 0 Å². The van der Waals surface area contributed by atoms with Crippen molar-refractivity contribution in [2.75, 3.05) is 0 Å². The van der Waals surface area contributed by atoms with E-state index in [1.807, 2.05) is 10.6 Å². The summed E-state index contributed by atoms with van der Waals surface area (Å²) in [5, 5.41) is 5.42. The van der Waals surface area contributed by atoms with Crippen LogP contribution in [-0.4, -0.2) is 3.71 Å². The van der Waals surface area contributed by atoms with Gasteiger partial charge in [0.25, 0.3) is 0 Å². The second-order valence-electron chi connectivity index (χ2n) is 6.76. The van der Waals surface area contributed by atoms with Crippen LogP contribution in [0.4, 0.5) is 0 Å². The number of benzene rings is 2. The van der Waals surface area contributed by atoms with Gasteiger partial charge >= 0.3 is 46.5 Å². The molecule has 0 nitrogen and oxygen atoms in total. The summed E-state index contributed by atoms with van der Waals surface area (Å²) < 4.78 is 1.89. The Morgan fingerprint density at radius 3 is 1.37 bits per heavy atom. The molecule has 0 aromatic heterocycles. The van der Waals surface area contributed by atoms with Crippen LogP contribution in [0.15, 0.2) is 60.7 Å². The molecule has 0 N–H and O–H groups in total. The molecule has 4 aromatic carbocycles. The van der Waals surface area contributed by atoms with Crippen molar-refractivity contribution in [1.82, 2.24) is 0 Å². The monoisotopic (exact) mass is 474 g/mol. The number of hydrogen-bond donors (Lipinski definition) is 0. The molecule has 142 valence electrons. The second-order valence-corrected chi connectivity index (χ2v) is 15.6. The minimum Gasteiger partial charge on any atom is -0.168 e. The molecule has 0 aliphatic carbocycles. The minimum atomic E-state index is -1.76. The van der Waals surface area contributed by atoms with E-state index in [2.05, 4.69) is 88.4 Å². The maximum atomic E-state index is 5.37. The van der Waals surface area contributed by atoms with Crippen molar-refractivity contribution in [3.63, 3.8) is 0 Å². The van der Waals surface area contributed by atoms with E-state index < -0.39 is 18.9 Å². The van der Waals surface area contributed by atoms with Gasteiger partial charge in [-0.25, -0.2) is 0 Å². The van der Waals surface area contributed by atoms with Gasteiger partial charge in [0.15, 0.2) is 0 Å². The Hall–Kier alpha value is -1.01. The van der Waals surface area contributed by atoms with E-state index in [9.17, 15) is 0 Å². The molecule has 0 saturated heterocycles. The van der Waals surface area contributed by atoms with Gasteiger partial charge < -0.3 is 0 Å². The average molecular weight is 477 g/mol. The summed E-state index contributed by atoms with van der Waals surface area (Å²) in [6.07, 6.45) is 0. The molecule has 0 bridgehead atoms. The van der Waals surface area contributed by atoms with Gasteiger partial charge in [-0.2, -0.15) is 24.3 Å². The fourth-order valence-electron chi connectivity index (χ4n) is 2.81. The predicted molar refractivity (Wildman–Crippen MR) is 121 cm³/mol. The van der Waals surface area contributed by atoms with Crippen LogP contribution < -0.4 is 0 Å². The molecular formula is C24H26Cl2Zr-2. The van der Waals surface area contributed by atoms with Gasteiger partial charge in [0.05, 0.1) is 0 Å². The Kier molecular flexibility index (Phi) is 8.68. The van der Waals surface area contributed by atoms with E-state index in [1.54, 1.807) is 0 Å². The fourth-order valence-corrected chi connectivity index (χ4v) is 2.81. The van der Waals surface area contributed by atoms with E-state index in [0.29, 0.717) is 0 Å². The van der Waals surface area contributed by atoms with E-state index in [4.69, 9.17) is 17.0 Å². The Morgan fingerprint density at radius 1 is 0.704 bits per heavy atom. The predicted octanol–water partition coefficient (Wildman–Crippen LogP) is 8.09. The van der Waals surface area contributed by atoms with Gasteiger partial charge in [0.1, 0.15) is 0 Å². The summed E-state index contributed by atoms with van der Waals surface area (Å²) in [6, 6.07) is 21.8. The number of hydrogen-bond acceptors (Lipinski definition) is 0. The average Bonchev–Trinajstić information content (AvgIpc) is 3.26. The molecule has 4 aromatic rings. The smallest absolute Gasteiger partial charge is 0.0411 e. The molecule has 0 aliphatic heterocycles. The molecule has 3 heteroatoms. The summed E-state index contributed by atoms with van der Waals surface area (Å²) in [5.41, 5.74) is 5.51. The first kappa shape index (κ1) is 22.3. The van der Waals surface area contributed by atoms with Crippen LogP contribution in [0.2, 0.25) is 0 Å². The quantitative estimate of drug-likeness (QED) is 0.225. The summed E-state index contributed by atoms with van der Waals surface area (Å²) in [4.78, 5) is 0. The molecule has 0 heterocycles. The molecular weight excluding hydrogens is 450 g/mol. The van der Waals surface area contributed by atoms with Gasteiger partial charge in [0, 0.05) is 0 Å². The van der Waals surface area contributed by atoms with E-state index in [1.165, 1.54) is 43.8 Å². The molecule has 0 spiro atoms. The van der Waals surface area contributed by atoms with E-state index >= 15 is 0 Å². The minimum absolute atomic E-state index is 1.35. The molecule has 0 aliphatic rings. The maximum Gasteiger partial charge on any atom is -0.0411 e. The fraction of sp³-hybridized carbons (Fsp3) is 0.208. The van der Waals surface area contributed by atoms with Crippen LogP contribution >= 0.6 is 17.0 Å². The van der Waals surface area contributed by atoms with Crippen LogP contribution in [0.3, 0.4) is 0 Å². The second kappa shape index (κ2) is 10.5. The molecule has 27 heavy (non-hydrogen) atoms. The standard InChI is InChI=1S/2C11H11.C2H4.2ClH.Zr/c2*1-8-6-10-4-3-5-11(10)7-9(8)2;1-2;;;/h2*3-7H,1-2H3;1H,2H3;2*1H;/q2*-1;;;;+2/p-2. The Morgan fingerprint density at radius 2 is 1.04 bits per heavy atom. The van der Waals surface area contributed by atoms with Crippen LogP contribution in [0, 0.1) is 27.7 Å². The van der Waals surface area contributed by atoms with Gasteiger partial charge in [-0.1, -0.05) is 22.3 Å². The van der Waals surface area contributed by atoms with Gasteiger partial charge in [-0.15, -0.1) is 57.9 Å². The summed E-state index contributed by atoms with van der Waals surface area (Å²) in [5.74, 6) is 0. The van der Waals surface area contributed by atoms with Crippen molar-refractivity contribution >= 4 is 42.3 Å². The molecule has 0 unspecified atom stereocenters. The zero-order valence-electron chi connectivity index (χ0n) is 16.6. The van der Waals surface area contributed by atoms with Gasteiger partial charge in [-0.3, -0.25) is 0 Å². The first-order valence-electron chi connectivity index (χ1n) is 9.04. The van der Waals surface area contributed by atoms with Crippen molar-refractivity contribution in [1.29, 1.82) is 0 Å². The summed E-state index contributed by atoms with van der Waals surface area (Å²) in [7, 11) is 10.7. The number of aryl methyl sites for hydroxylation is 4. The molecule has 0 atom stereocenters. The molecule has 0 amide bonds. The van der Waals surface area contributed by atoms with Crippen molar-refractivity contribution in [2.45, 2.75) is 34.6 Å². The van der Waals surface area contributed by atoms with Gasteiger partial charge in [-0.05, 0) is 27.7 Å². The van der Waals surface area contributed by atoms with Crippen LogP contribution in [0.25, 0.3) is 21.5 Å². The van der Waals surface area contributed by atoms with Gasteiger partial charge in [0.2, 0.25) is 0 Å². The third-order valence-corrected chi connectivity index (χ3v) is 8.37. The van der Waals surface area contributed by atoms with Crippen LogP contribution in [0.1, 0.15) is 29.2 Å². The Labute approximate surface area is 177 Å². The molecule has 0 fully saturated rings. The first-order chi connectivity index (χ1) is 12.8. The number of rotatable bonds is 0. The zero-order chi connectivity index (χ0) is 20.0. The summed E-state index contributed by atoms with van der Waals surface area (Å²) in [6.45, 7) is 10.5. The van der Waals surface area contributed by atoms with E-state index in [0.717, 1.165) is 0 Å². The third-order valence-electron chi connectivity index (χ3n) is 4.72. The maximum absolute atomic E-state index is 5.37. The van der Waals surface area contributed by atoms with Crippen LogP contribution in [-0.2, 0) is 18.9 Å². The molecule has 0 saturated carbocycles. The third kappa shape index (κ3) is 6.53. The topological polar surface area (TPSA) is 0 Å². The SMILES string of the molecule is C[CH]=[Zr]([Cl])[Cl].Cc1cc2cc[cH-]c2cc1C.Cc1cc2cc[cH-]c2cc1C. The van der Waals surface area contributed by atoms with Crippen molar-refractivity contribution < 1.29 is 18.9 Å². The summed E-state index contributed by atoms with van der Waals surface area (Å²) >= 11 is -1.76. The normalized spacial score (nSPS) is 10.0. The van der Waals surface area contributed by atoms with E-state index in [-0.39, 0.29) is 0 Å². The first-order valence-corrected chi connectivity index (χ1v) is 16.8. The molecule has 4 rings (SSSR count). The van der Waals surface area contributed by atoms with Crippen molar-refractivity contribution in [3.05, 3.63) is 82.9 Å². The van der Waals surface area contributed by atoms with Crippen molar-refractivity contribution in [3.8, 4) is 0 Å².